The first-order chi connectivity index (χ1) is 6.56. The number of aromatic nitrogens is 1. The van der Waals surface area contributed by atoms with Crippen LogP contribution < -0.4 is 0 Å². The Morgan fingerprint density at radius 2 is 2.07 bits per heavy atom. The van der Waals surface area contributed by atoms with E-state index in [1.54, 1.807) is 6.08 Å². The summed E-state index contributed by atoms with van der Waals surface area (Å²) in [5, 5.41) is 4.05. The molecule has 0 saturated carbocycles. The van der Waals surface area contributed by atoms with Gasteiger partial charge in [0.15, 0.2) is 5.76 Å². The molecule has 0 aromatic carbocycles. The Labute approximate surface area is 85.3 Å². The predicted molar refractivity (Wildman–Crippen MR) is 60.0 cm³/mol. The molecule has 0 aliphatic heterocycles. The third kappa shape index (κ3) is 2.13. The fraction of sp³-hybridized carbons (Fsp3) is 0.417. The molecule has 1 aromatic heterocycles. The van der Waals surface area contributed by atoms with Crippen LogP contribution in [0.15, 0.2) is 16.7 Å². The third-order valence-electron chi connectivity index (χ3n) is 1.95. The normalized spacial score (nSPS) is 10.4. The number of hydrogen-bond acceptors (Lipinski definition) is 2. The van der Waals surface area contributed by atoms with Gasteiger partial charge in [-0.3, -0.25) is 0 Å². The lowest BCUT2D eigenvalue weighted by molar-refractivity contribution is 0.401. The Kier molecular flexibility index (Phi) is 3.28. The zero-order chi connectivity index (χ0) is 10.7. The van der Waals surface area contributed by atoms with Crippen LogP contribution in [0.5, 0.6) is 0 Å². The van der Waals surface area contributed by atoms with E-state index in [1.807, 2.05) is 19.9 Å². The molecule has 1 aromatic rings. The molecule has 0 N–H and O–H groups in total. The quantitative estimate of drug-likeness (QED) is 0.725. The Morgan fingerprint density at radius 3 is 2.50 bits per heavy atom. The molecular formula is C12H17NO. The molecular weight excluding hydrogens is 174 g/mol. The Morgan fingerprint density at radius 1 is 1.43 bits per heavy atom. The minimum absolute atomic E-state index is 0.367. The maximum Gasteiger partial charge on any atom is 0.167 e. The first kappa shape index (κ1) is 10.8. The molecule has 1 heterocycles. The average Bonchev–Trinajstić information content (AvgIpc) is 2.46. The molecule has 0 aliphatic carbocycles. The van der Waals surface area contributed by atoms with Crippen LogP contribution in [0.1, 0.15) is 50.6 Å². The second-order valence-electron chi connectivity index (χ2n) is 3.93. The van der Waals surface area contributed by atoms with Crippen molar-refractivity contribution < 1.29 is 4.52 Å². The minimum Gasteiger partial charge on any atom is -0.356 e. The van der Waals surface area contributed by atoms with Crippen LogP contribution in [0.25, 0.3) is 12.2 Å². The monoisotopic (exact) mass is 191 g/mol. The van der Waals surface area contributed by atoms with Crippen LogP contribution in [-0.2, 0) is 0 Å². The molecule has 0 aliphatic rings. The highest BCUT2D eigenvalue weighted by Crippen LogP contribution is 2.24. The van der Waals surface area contributed by atoms with Gasteiger partial charge < -0.3 is 4.52 Å². The standard InChI is InChI=1S/C12H17NO/c1-6-10-11(7-8(2)3)14-13-12(10)9(4)5/h6-7,9H,1H2,2-5H3. The van der Waals surface area contributed by atoms with E-state index in [2.05, 4.69) is 25.6 Å². The van der Waals surface area contributed by atoms with Crippen molar-refractivity contribution in [3.63, 3.8) is 0 Å². The molecule has 0 unspecified atom stereocenters. The molecule has 0 spiro atoms. The topological polar surface area (TPSA) is 26.0 Å². The summed E-state index contributed by atoms with van der Waals surface area (Å²) in [6.45, 7) is 12.0. The van der Waals surface area contributed by atoms with Crippen LogP contribution in [0, 0.1) is 0 Å². The summed E-state index contributed by atoms with van der Waals surface area (Å²) in [4.78, 5) is 0. The van der Waals surface area contributed by atoms with Gasteiger partial charge in [-0.25, -0.2) is 0 Å². The van der Waals surface area contributed by atoms with Crippen molar-refractivity contribution in [3.05, 3.63) is 29.2 Å². The number of nitrogens with zero attached hydrogens (tertiary/aromatic N) is 1. The lowest BCUT2D eigenvalue weighted by atomic mass is 10.0. The highest BCUT2D eigenvalue weighted by atomic mass is 16.5. The van der Waals surface area contributed by atoms with E-state index in [9.17, 15) is 0 Å². The fourth-order valence-electron chi connectivity index (χ4n) is 1.31. The van der Waals surface area contributed by atoms with Gasteiger partial charge in [-0.1, -0.05) is 37.2 Å². The van der Waals surface area contributed by atoms with E-state index in [0.29, 0.717) is 5.92 Å². The molecule has 0 amide bonds. The first-order valence-electron chi connectivity index (χ1n) is 4.83. The summed E-state index contributed by atoms with van der Waals surface area (Å²) < 4.78 is 5.26. The van der Waals surface area contributed by atoms with Crippen molar-refractivity contribution in [2.45, 2.75) is 33.6 Å². The van der Waals surface area contributed by atoms with Gasteiger partial charge in [-0.15, -0.1) is 0 Å². The van der Waals surface area contributed by atoms with Crippen molar-refractivity contribution in [3.8, 4) is 0 Å². The lowest BCUT2D eigenvalue weighted by Crippen LogP contribution is -1.89. The average molecular weight is 191 g/mol. The van der Waals surface area contributed by atoms with Gasteiger partial charge >= 0.3 is 0 Å². The van der Waals surface area contributed by atoms with Gasteiger partial charge in [0, 0.05) is 5.56 Å². The van der Waals surface area contributed by atoms with Crippen molar-refractivity contribution in [2.75, 3.05) is 0 Å². The van der Waals surface area contributed by atoms with E-state index in [4.69, 9.17) is 4.52 Å². The maximum absolute atomic E-state index is 5.26. The summed E-state index contributed by atoms with van der Waals surface area (Å²) in [6, 6.07) is 0. The zero-order valence-electron chi connectivity index (χ0n) is 9.29. The third-order valence-corrected chi connectivity index (χ3v) is 1.95. The molecule has 0 fully saturated rings. The van der Waals surface area contributed by atoms with Crippen molar-refractivity contribution in [2.24, 2.45) is 0 Å². The second-order valence-corrected chi connectivity index (χ2v) is 3.93. The van der Waals surface area contributed by atoms with Crippen molar-refractivity contribution in [1.29, 1.82) is 0 Å². The van der Waals surface area contributed by atoms with Gasteiger partial charge in [-0.2, -0.15) is 0 Å². The molecule has 0 saturated heterocycles. The summed E-state index contributed by atoms with van der Waals surface area (Å²) >= 11 is 0. The summed E-state index contributed by atoms with van der Waals surface area (Å²) in [5.41, 5.74) is 3.19. The Hall–Kier alpha value is -1.31. The minimum atomic E-state index is 0.367. The molecule has 1 rings (SSSR count). The Balaban J connectivity index is 3.20. The van der Waals surface area contributed by atoms with Crippen LogP contribution >= 0.6 is 0 Å². The highest BCUT2D eigenvalue weighted by molar-refractivity contribution is 5.63. The maximum atomic E-state index is 5.26. The molecule has 2 nitrogen and oxygen atoms in total. The first-order valence-corrected chi connectivity index (χ1v) is 4.83. The van der Waals surface area contributed by atoms with Crippen LogP contribution in [0.4, 0.5) is 0 Å². The Bertz CT molecular complexity index is 354. The van der Waals surface area contributed by atoms with E-state index < -0.39 is 0 Å². The number of allylic oxidation sites excluding steroid dienone is 1. The number of rotatable bonds is 3. The van der Waals surface area contributed by atoms with Crippen molar-refractivity contribution >= 4 is 12.2 Å². The van der Waals surface area contributed by atoms with Crippen molar-refractivity contribution in [1.82, 2.24) is 5.16 Å². The number of hydrogen-bond donors (Lipinski definition) is 0. The molecule has 76 valence electrons. The zero-order valence-corrected chi connectivity index (χ0v) is 9.29. The van der Waals surface area contributed by atoms with Gasteiger partial charge in [0.2, 0.25) is 0 Å². The highest BCUT2D eigenvalue weighted by Gasteiger charge is 2.13. The molecule has 0 bridgehead atoms. The fourth-order valence-corrected chi connectivity index (χ4v) is 1.31. The summed E-state index contributed by atoms with van der Waals surface area (Å²) in [6.07, 6.45) is 3.79. The van der Waals surface area contributed by atoms with E-state index in [-0.39, 0.29) is 0 Å². The van der Waals surface area contributed by atoms with Crippen LogP contribution in [0.3, 0.4) is 0 Å². The molecule has 0 atom stereocenters. The SMILES string of the molecule is C=Cc1c(C(C)C)noc1C=C(C)C. The molecule has 2 heteroatoms. The summed E-state index contributed by atoms with van der Waals surface area (Å²) in [7, 11) is 0. The molecule has 14 heavy (non-hydrogen) atoms. The van der Waals surface area contributed by atoms with E-state index in [1.165, 1.54) is 5.57 Å². The van der Waals surface area contributed by atoms with Gasteiger partial charge in [0.25, 0.3) is 0 Å². The largest absolute Gasteiger partial charge is 0.356 e. The smallest absolute Gasteiger partial charge is 0.167 e. The van der Waals surface area contributed by atoms with Crippen LogP contribution in [0.2, 0.25) is 0 Å². The van der Waals surface area contributed by atoms with Gasteiger partial charge in [0.05, 0.1) is 5.69 Å². The lowest BCUT2D eigenvalue weighted by Gasteiger charge is -1.99. The van der Waals surface area contributed by atoms with E-state index >= 15 is 0 Å². The van der Waals surface area contributed by atoms with Gasteiger partial charge in [-0.05, 0) is 25.8 Å². The van der Waals surface area contributed by atoms with Crippen LogP contribution in [-0.4, -0.2) is 5.16 Å². The summed E-state index contributed by atoms with van der Waals surface area (Å²) in [5.74, 6) is 1.18. The van der Waals surface area contributed by atoms with Gasteiger partial charge in [0.1, 0.15) is 0 Å². The second kappa shape index (κ2) is 4.27. The molecule has 0 radical (unpaired) electrons. The van der Waals surface area contributed by atoms with E-state index in [0.717, 1.165) is 17.0 Å². The predicted octanol–water partition coefficient (Wildman–Crippen LogP) is 3.86.